The molecule has 0 unspecified atom stereocenters. The summed E-state index contributed by atoms with van der Waals surface area (Å²) < 4.78 is 30.9. The molecule has 3 rings (SSSR count). The molecule has 188 valence electrons. The lowest BCUT2D eigenvalue weighted by Crippen LogP contribution is -2.37. The number of nitrogens with zero attached hydrogens (tertiary/aromatic N) is 1. The number of carbonyl (C=O) groups is 1. The number of ether oxygens (including phenoxy) is 1. The zero-order valence-electron chi connectivity index (χ0n) is 20.3. The first kappa shape index (κ1) is 26.9. The average Bonchev–Trinajstić information content (AvgIpc) is 3.36. The molecule has 2 aromatic carbocycles. The standard InChI is InChI=1S/C27H34N2O4S2/c1-21(2)35(31,32)19-24(15-22-9-5-3-6-10-22)13-14-25(16-23-11-7-4-8-12-23)29-27(30)33-18-26-17-28-20-34-26/h3-12,17,20-21,24-25H,13-16,18-19H2,1-2H3,(H,29,30)/t24-,25-/m1/s1. The summed E-state index contributed by atoms with van der Waals surface area (Å²) in [6, 6.07) is 19.8. The normalized spacial score (nSPS) is 13.3. The van der Waals surface area contributed by atoms with Crippen LogP contribution in [0.1, 0.15) is 42.7 Å². The van der Waals surface area contributed by atoms with Crippen molar-refractivity contribution >= 4 is 27.3 Å². The Morgan fingerprint density at radius 3 is 2.17 bits per heavy atom. The SMILES string of the molecule is CC(C)S(=O)(=O)C[C@H](CC[C@H](Cc1ccccc1)NC(=O)OCc1cncs1)Cc1ccccc1. The lowest BCUT2D eigenvalue weighted by atomic mass is 9.92. The van der Waals surface area contributed by atoms with E-state index in [-0.39, 0.29) is 24.3 Å². The monoisotopic (exact) mass is 514 g/mol. The van der Waals surface area contributed by atoms with E-state index >= 15 is 0 Å². The van der Waals surface area contributed by atoms with Gasteiger partial charge in [0, 0.05) is 12.2 Å². The number of thiazole rings is 1. The van der Waals surface area contributed by atoms with Crippen molar-refractivity contribution in [2.75, 3.05) is 5.75 Å². The van der Waals surface area contributed by atoms with E-state index in [1.165, 1.54) is 11.3 Å². The zero-order chi connectivity index (χ0) is 25.1. The smallest absolute Gasteiger partial charge is 0.407 e. The molecule has 0 aliphatic rings. The molecule has 1 heterocycles. The predicted molar refractivity (Wildman–Crippen MR) is 141 cm³/mol. The van der Waals surface area contributed by atoms with E-state index < -0.39 is 21.2 Å². The Hall–Kier alpha value is -2.71. The third-order valence-corrected chi connectivity index (χ3v) is 9.08. The van der Waals surface area contributed by atoms with Crippen LogP contribution in [0.3, 0.4) is 0 Å². The van der Waals surface area contributed by atoms with E-state index in [1.807, 2.05) is 60.7 Å². The van der Waals surface area contributed by atoms with E-state index in [4.69, 9.17) is 4.74 Å². The summed E-state index contributed by atoms with van der Waals surface area (Å²) in [4.78, 5) is 17.4. The molecule has 0 spiro atoms. The second-order valence-corrected chi connectivity index (χ2v) is 12.7. The lowest BCUT2D eigenvalue weighted by Gasteiger charge is -2.23. The highest BCUT2D eigenvalue weighted by Gasteiger charge is 2.24. The molecule has 35 heavy (non-hydrogen) atoms. The minimum atomic E-state index is -3.20. The first-order chi connectivity index (χ1) is 16.8. The maximum atomic E-state index is 12.7. The highest BCUT2D eigenvalue weighted by atomic mass is 32.2. The average molecular weight is 515 g/mol. The highest BCUT2D eigenvalue weighted by molar-refractivity contribution is 7.91. The number of benzene rings is 2. The van der Waals surface area contributed by atoms with Gasteiger partial charge in [0.15, 0.2) is 9.84 Å². The van der Waals surface area contributed by atoms with E-state index in [9.17, 15) is 13.2 Å². The number of nitrogens with one attached hydrogen (secondary N) is 1. The summed E-state index contributed by atoms with van der Waals surface area (Å²) >= 11 is 1.44. The predicted octanol–water partition coefficient (Wildman–Crippen LogP) is 5.44. The molecule has 0 aliphatic carbocycles. The Bertz CT molecular complexity index is 1120. The molecule has 3 aromatic rings. The molecule has 1 aromatic heterocycles. The van der Waals surface area contributed by atoms with Gasteiger partial charge >= 0.3 is 6.09 Å². The van der Waals surface area contributed by atoms with Crippen LogP contribution in [-0.2, 0) is 34.0 Å². The van der Waals surface area contributed by atoms with Gasteiger partial charge in [-0.25, -0.2) is 13.2 Å². The molecule has 1 amide bonds. The van der Waals surface area contributed by atoms with Crippen molar-refractivity contribution in [3.05, 3.63) is 88.4 Å². The van der Waals surface area contributed by atoms with Gasteiger partial charge in [0.2, 0.25) is 0 Å². The van der Waals surface area contributed by atoms with Crippen LogP contribution in [0, 0.1) is 5.92 Å². The molecule has 1 N–H and O–H groups in total. The van der Waals surface area contributed by atoms with Gasteiger partial charge in [-0.2, -0.15) is 0 Å². The van der Waals surface area contributed by atoms with Crippen molar-refractivity contribution < 1.29 is 17.9 Å². The van der Waals surface area contributed by atoms with Gasteiger partial charge in [0.25, 0.3) is 0 Å². The van der Waals surface area contributed by atoms with Crippen LogP contribution in [0.2, 0.25) is 0 Å². The Morgan fingerprint density at radius 2 is 1.60 bits per heavy atom. The summed E-state index contributed by atoms with van der Waals surface area (Å²) in [5, 5.41) is 2.59. The van der Waals surface area contributed by atoms with Crippen molar-refractivity contribution in [2.45, 2.75) is 57.4 Å². The molecular weight excluding hydrogens is 480 g/mol. The fourth-order valence-corrected chi connectivity index (χ4v) is 5.76. The van der Waals surface area contributed by atoms with Crippen LogP contribution in [0.4, 0.5) is 4.79 Å². The molecule has 0 saturated heterocycles. The summed E-state index contributed by atoms with van der Waals surface area (Å²) in [6.07, 6.45) is 3.85. The number of hydrogen-bond acceptors (Lipinski definition) is 6. The molecule has 0 radical (unpaired) electrons. The molecule has 0 fully saturated rings. The Labute approximate surface area is 212 Å². The largest absolute Gasteiger partial charge is 0.444 e. The maximum absolute atomic E-state index is 12.7. The number of carbonyl (C=O) groups excluding carboxylic acids is 1. The fraction of sp³-hybridized carbons (Fsp3) is 0.407. The van der Waals surface area contributed by atoms with Gasteiger partial charge in [-0.05, 0) is 56.6 Å². The van der Waals surface area contributed by atoms with Crippen molar-refractivity contribution in [1.29, 1.82) is 0 Å². The van der Waals surface area contributed by atoms with E-state index in [2.05, 4.69) is 10.3 Å². The number of rotatable bonds is 13. The molecule has 0 bridgehead atoms. The minimum Gasteiger partial charge on any atom is -0.444 e. The molecule has 8 heteroatoms. The minimum absolute atomic E-state index is 0.0434. The van der Waals surface area contributed by atoms with Crippen LogP contribution < -0.4 is 5.32 Å². The first-order valence-electron chi connectivity index (χ1n) is 11.9. The number of amides is 1. The van der Waals surface area contributed by atoms with Crippen LogP contribution in [0.5, 0.6) is 0 Å². The van der Waals surface area contributed by atoms with Crippen molar-refractivity contribution in [1.82, 2.24) is 10.3 Å². The number of hydrogen-bond donors (Lipinski definition) is 1. The summed E-state index contributed by atoms with van der Waals surface area (Å²) in [7, 11) is -3.20. The quantitative estimate of drug-likeness (QED) is 0.328. The van der Waals surface area contributed by atoms with Gasteiger partial charge in [-0.1, -0.05) is 60.7 Å². The van der Waals surface area contributed by atoms with Crippen molar-refractivity contribution in [2.24, 2.45) is 5.92 Å². The van der Waals surface area contributed by atoms with Gasteiger partial charge in [-0.15, -0.1) is 11.3 Å². The Balaban J connectivity index is 1.68. The molecule has 6 nitrogen and oxygen atoms in total. The van der Waals surface area contributed by atoms with Gasteiger partial charge in [0.05, 0.1) is 21.4 Å². The molecule has 0 saturated carbocycles. The Kier molecular flexibility index (Phi) is 10.3. The Morgan fingerprint density at radius 1 is 0.971 bits per heavy atom. The van der Waals surface area contributed by atoms with E-state index in [0.29, 0.717) is 25.7 Å². The molecule has 2 atom stereocenters. The highest BCUT2D eigenvalue weighted by Crippen LogP contribution is 2.21. The first-order valence-corrected chi connectivity index (χ1v) is 14.5. The number of sulfone groups is 1. The second-order valence-electron chi connectivity index (χ2n) is 9.09. The second kappa shape index (κ2) is 13.4. The summed E-state index contributed by atoms with van der Waals surface area (Å²) in [5.74, 6) is 0.0889. The fourth-order valence-electron chi connectivity index (χ4n) is 3.93. The number of alkyl carbamates (subject to hydrolysis) is 1. The zero-order valence-corrected chi connectivity index (χ0v) is 21.9. The topological polar surface area (TPSA) is 85.4 Å². The van der Waals surface area contributed by atoms with Crippen LogP contribution in [0.15, 0.2) is 72.4 Å². The third-order valence-electron chi connectivity index (χ3n) is 5.95. The van der Waals surface area contributed by atoms with Crippen LogP contribution >= 0.6 is 11.3 Å². The molecule has 0 aliphatic heterocycles. The van der Waals surface area contributed by atoms with Gasteiger partial charge in [0.1, 0.15) is 6.61 Å². The van der Waals surface area contributed by atoms with Crippen LogP contribution in [-0.4, -0.2) is 36.5 Å². The van der Waals surface area contributed by atoms with Gasteiger partial charge in [-0.3, -0.25) is 4.98 Å². The maximum Gasteiger partial charge on any atom is 0.407 e. The van der Waals surface area contributed by atoms with Gasteiger partial charge < -0.3 is 10.1 Å². The summed E-state index contributed by atoms with van der Waals surface area (Å²) in [5.41, 5.74) is 3.93. The van der Waals surface area contributed by atoms with E-state index in [1.54, 1.807) is 25.6 Å². The number of aromatic nitrogens is 1. The van der Waals surface area contributed by atoms with Crippen molar-refractivity contribution in [3.63, 3.8) is 0 Å². The summed E-state index contributed by atoms with van der Waals surface area (Å²) in [6.45, 7) is 3.64. The third kappa shape index (κ3) is 9.45. The van der Waals surface area contributed by atoms with Crippen LogP contribution in [0.25, 0.3) is 0 Å². The lowest BCUT2D eigenvalue weighted by molar-refractivity contribution is 0.135. The molecular formula is C27H34N2O4S2. The van der Waals surface area contributed by atoms with Crippen molar-refractivity contribution in [3.8, 4) is 0 Å². The van der Waals surface area contributed by atoms with E-state index in [0.717, 1.165) is 16.0 Å².